The Labute approximate surface area is 252 Å². The number of hydrogen-bond donors (Lipinski definition) is 0. The van der Waals surface area contributed by atoms with Crippen LogP contribution in [0.25, 0.3) is 76.8 Å². The van der Waals surface area contributed by atoms with Crippen LogP contribution in [0, 0.1) is 0 Å². The smallest absolute Gasteiger partial charge is 0.236 e. The molecular weight excluding hydrogens is 538 g/mol. The van der Waals surface area contributed by atoms with E-state index < -0.39 is 0 Å². The molecule has 3 heterocycles. The number of para-hydroxylation sites is 1. The highest BCUT2D eigenvalue weighted by Crippen LogP contribution is 2.52. The molecule has 0 amide bonds. The normalized spacial score (nSPS) is 12.5. The highest BCUT2D eigenvalue weighted by atomic mass is 16.3. The van der Waals surface area contributed by atoms with E-state index in [1.165, 1.54) is 32.7 Å². The van der Waals surface area contributed by atoms with Crippen LogP contribution in [0.5, 0.6) is 0 Å². The van der Waals surface area contributed by atoms with Crippen molar-refractivity contribution in [1.82, 2.24) is 9.97 Å². The number of fused-ring (bicyclic) bond motifs is 7. The van der Waals surface area contributed by atoms with Gasteiger partial charge < -0.3 is 4.42 Å². The first-order valence-electron chi connectivity index (χ1n) is 14.8. The molecule has 0 atom stereocenters. The van der Waals surface area contributed by atoms with Crippen LogP contribution in [-0.4, -0.2) is 9.97 Å². The molecule has 7 aromatic carbocycles. The molecule has 0 N–H and O–H groups in total. The second-order valence-corrected chi connectivity index (χ2v) is 11.4. The summed E-state index contributed by atoms with van der Waals surface area (Å²) < 4.78 is 6.53. The topological polar surface area (TPSA) is 42.2 Å². The molecule has 9 aromatic rings. The molecule has 4 nitrogen and oxygen atoms in total. The number of benzene rings is 7. The standard InChI is InChI=1S/C40H23N3O/c1-2-12-27-23-34-32(22-26(27)11-1)29-18-8-14-25-15-9-20-33(36(25)29)43(34)40-41-37(30-19-7-13-24-10-3-4-16-28(24)30)39-38(42-40)31-17-5-6-21-35(31)44-39/h1-23H. The van der Waals surface area contributed by atoms with Gasteiger partial charge in [0.1, 0.15) is 16.8 Å². The number of hydrogen-bond acceptors (Lipinski definition) is 4. The van der Waals surface area contributed by atoms with Gasteiger partial charge in [-0.05, 0) is 62.8 Å². The number of aromatic nitrogens is 2. The predicted molar refractivity (Wildman–Crippen MR) is 181 cm³/mol. The lowest BCUT2D eigenvalue weighted by Gasteiger charge is -2.32. The first kappa shape index (κ1) is 23.6. The van der Waals surface area contributed by atoms with E-state index in [2.05, 4.69) is 126 Å². The molecule has 0 saturated carbocycles. The molecular formula is C40H23N3O. The second kappa shape index (κ2) is 8.76. The van der Waals surface area contributed by atoms with Gasteiger partial charge in [0.25, 0.3) is 0 Å². The number of nitrogens with zero attached hydrogens (tertiary/aromatic N) is 3. The Morgan fingerprint density at radius 3 is 2.00 bits per heavy atom. The summed E-state index contributed by atoms with van der Waals surface area (Å²) >= 11 is 0. The van der Waals surface area contributed by atoms with Crippen molar-refractivity contribution < 1.29 is 4.42 Å². The fourth-order valence-electron chi connectivity index (χ4n) is 7.00. The molecule has 204 valence electrons. The summed E-state index contributed by atoms with van der Waals surface area (Å²) in [4.78, 5) is 13.0. The van der Waals surface area contributed by atoms with Crippen LogP contribution in [-0.2, 0) is 0 Å². The van der Waals surface area contributed by atoms with Crippen molar-refractivity contribution in [1.29, 1.82) is 0 Å². The van der Waals surface area contributed by atoms with Crippen LogP contribution in [0.1, 0.15) is 0 Å². The zero-order valence-electron chi connectivity index (χ0n) is 23.5. The minimum atomic E-state index is 0.616. The van der Waals surface area contributed by atoms with Gasteiger partial charge in [-0.1, -0.05) is 109 Å². The zero-order chi connectivity index (χ0) is 28.8. The van der Waals surface area contributed by atoms with Crippen molar-refractivity contribution >= 4 is 71.7 Å². The Morgan fingerprint density at radius 1 is 0.477 bits per heavy atom. The first-order chi connectivity index (χ1) is 21.8. The van der Waals surface area contributed by atoms with Crippen LogP contribution in [0.4, 0.5) is 17.3 Å². The van der Waals surface area contributed by atoms with Crippen LogP contribution in [0.2, 0.25) is 0 Å². The van der Waals surface area contributed by atoms with Crippen LogP contribution in [0.15, 0.2) is 144 Å². The Balaban J connectivity index is 1.36. The van der Waals surface area contributed by atoms with Crippen molar-refractivity contribution in [3.63, 3.8) is 0 Å². The minimum absolute atomic E-state index is 0.616. The maximum absolute atomic E-state index is 6.53. The molecule has 0 spiro atoms. The molecule has 1 aliphatic heterocycles. The van der Waals surface area contributed by atoms with Crippen molar-refractivity contribution in [2.24, 2.45) is 0 Å². The molecule has 2 aromatic heterocycles. The molecule has 44 heavy (non-hydrogen) atoms. The van der Waals surface area contributed by atoms with Crippen LogP contribution in [0.3, 0.4) is 0 Å². The van der Waals surface area contributed by atoms with Gasteiger partial charge in [-0.3, -0.25) is 4.90 Å². The molecule has 4 heteroatoms. The maximum Gasteiger partial charge on any atom is 0.236 e. The number of anilines is 3. The summed E-state index contributed by atoms with van der Waals surface area (Å²) in [6.07, 6.45) is 0. The van der Waals surface area contributed by atoms with Crippen molar-refractivity contribution in [2.45, 2.75) is 0 Å². The van der Waals surface area contributed by atoms with Crippen molar-refractivity contribution in [2.75, 3.05) is 4.90 Å². The summed E-state index contributed by atoms with van der Waals surface area (Å²) in [5.41, 5.74) is 8.62. The van der Waals surface area contributed by atoms with Crippen LogP contribution >= 0.6 is 0 Å². The Hall–Kier alpha value is -6.00. The van der Waals surface area contributed by atoms with E-state index in [9.17, 15) is 0 Å². The lowest BCUT2D eigenvalue weighted by atomic mass is 9.89. The Bertz CT molecular complexity index is 2620. The van der Waals surface area contributed by atoms with E-state index in [0.29, 0.717) is 11.5 Å². The largest absolute Gasteiger partial charge is 0.452 e. The summed E-state index contributed by atoms with van der Waals surface area (Å²) in [5, 5.41) is 8.02. The molecule has 0 radical (unpaired) electrons. The molecule has 10 rings (SSSR count). The van der Waals surface area contributed by atoms with Crippen molar-refractivity contribution in [3.8, 4) is 22.4 Å². The third-order valence-electron chi connectivity index (χ3n) is 8.97. The SMILES string of the molecule is c1ccc2cc3c(cc2c1)-c1cccc2cccc(c12)N3c1nc(-c2cccc3ccccc23)c2oc3ccccc3c2n1. The Kier molecular flexibility index (Phi) is 4.69. The predicted octanol–water partition coefficient (Wildman–Crippen LogP) is 11.0. The minimum Gasteiger partial charge on any atom is -0.452 e. The average Bonchev–Trinajstić information content (AvgIpc) is 3.46. The second-order valence-electron chi connectivity index (χ2n) is 11.4. The van der Waals surface area contributed by atoms with Crippen LogP contribution < -0.4 is 4.90 Å². The maximum atomic E-state index is 6.53. The van der Waals surface area contributed by atoms with E-state index in [1.807, 2.05) is 18.2 Å². The average molecular weight is 562 g/mol. The van der Waals surface area contributed by atoms with E-state index in [4.69, 9.17) is 14.4 Å². The summed E-state index contributed by atoms with van der Waals surface area (Å²) in [5.74, 6) is 0.616. The monoisotopic (exact) mass is 561 g/mol. The molecule has 0 fully saturated rings. The fraction of sp³-hybridized carbons (Fsp3) is 0. The fourth-order valence-corrected chi connectivity index (χ4v) is 7.00. The molecule has 0 saturated heterocycles. The first-order valence-corrected chi connectivity index (χ1v) is 14.8. The van der Waals surface area contributed by atoms with E-state index in [1.54, 1.807) is 0 Å². The molecule has 1 aliphatic rings. The number of rotatable bonds is 2. The molecule has 0 aliphatic carbocycles. The van der Waals surface area contributed by atoms with Gasteiger partial charge in [0.2, 0.25) is 5.95 Å². The van der Waals surface area contributed by atoms with E-state index in [0.717, 1.165) is 49.9 Å². The van der Waals surface area contributed by atoms with Gasteiger partial charge in [-0.25, -0.2) is 9.97 Å². The third kappa shape index (κ3) is 3.22. The Morgan fingerprint density at radius 2 is 1.14 bits per heavy atom. The van der Waals surface area contributed by atoms with E-state index in [-0.39, 0.29) is 0 Å². The van der Waals surface area contributed by atoms with Gasteiger partial charge in [0, 0.05) is 21.9 Å². The van der Waals surface area contributed by atoms with Gasteiger partial charge in [0.15, 0.2) is 5.58 Å². The summed E-state index contributed by atoms with van der Waals surface area (Å²) in [6, 6.07) is 49.1. The van der Waals surface area contributed by atoms with E-state index >= 15 is 0 Å². The van der Waals surface area contributed by atoms with Gasteiger partial charge in [-0.15, -0.1) is 0 Å². The zero-order valence-corrected chi connectivity index (χ0v) is 23.5. The molecule has 0 bridgehead atoms. The summed E-state index contributed by atoms with van der Waals surface area (Å²) in [7, 11) is 0. The van der Waals surface area contributed by atoms with Crippen molar-refractivity contribution in [3.05, 3.63) is 140 Å². The lowest BCUT2D eigenvalue weighted by molar-refractivity contribution is 0.667. The van der Waals surface area contributed by atoms with Gasteiger partial charge >= 0.3 is 0 Å². The lowest BCUT2D eigenvalue weighted by Crippen LogP contribution is -2.18. The highest BCUT2D eigenvalue weighted by Gasteiger charge is 2.30. The van der Waals surface area contributed by atoms with Gasteiger partial charge in [-0.2, -0.15) is 0 Å². The number of furan rings is 1. The summed E-state index contributed by atoms with van der Waals surface area (Å²) in [6.45, 7) is 0. The molecule has 0 unspecified atom stereocenters. The third-order valence-corrected chi connectivity index (χ3v) is 8.97. The van der Waals surface area contributed by atoms with Gasteiger partial charge in [0.05, 0.1) is 11.4 Å². The highest BCUT2D eigenvalue weighted by molar-refractivity contribution is 6.16. The quantitative estimate of drug-likeness (QED) is 0.211.